The van der Waals surface area contributed by atoms with Crippen molar-refractivity contribution in [3.8, 4) is 5.75 Å². The van der Waals surface area contributed by atoms with Crippen LogP contribution in [0.4, 0.5) is 15.9 Å². The van der Waals surface area contributed by atoms with Crippen LogP contribution in [0.25, 0.3) is 0 Å². The minimum absolute atomic E-state index is 0.0698. The number of carbonyl (C=O) groups is 2. The van der Waals surface area contributed by atoms with Crippen molar-refractivity contribution in [3.63, 3.8) is 0 Å². The Kier molecular flexibility index (Phi) is 4.93. The summed E-state index contributed by atoms with van der Waals surface area (Å²) in [6, 6.07) is 11.9. The molecule has 0 bridgehead atoms. The first-order chi connectivity index (χ1) is 14.5. The van der Waals surface area contributed by atoms with Gasteiger partial charge in [0.25, 0.3) is 5.91 Å². The van der Waals surface area contributed by atoms with E-state index in [1.807, 2.05) is 0 Å². The molecule has 4 rings (SSSR count). The number of halogens is 1. The van der Waals surface area contributed by atoms with Gasteiger partial charge in [0.15, 0.2) is 0 Å². The van der Waals surface area contributed by atoms with E-state index in [0.717, 1.165) is 5.56 Å². The Labute approximate surface area is 170 Å². The molecule has 1 atom stereocenters. The molecular formula is C21H17FN4O4. The summed E-state index contributed by atoms with van der Waals surface area (Å²) >= 11 is 0. The van der Waals surface area contributed by atoms with Crippen molar-refractivity contribution < 1.29 is 23.8 Å². The zero-order valence-electron chi connectivity index (χ0n) is 15.8. The Hall–Kier alpha value is -4.14. The number of aromatic nitrogens is 2. The van der Waals surface area contributed by atoms with Gasteiger partial charge in [-0.25, -0.2) is 13.9 Å². The topological polar surface area (TPSA) is 105 Å². The molecule has 1 unspecified atom stereocenters. The van der Waals surface area contributed by atoms with Crippen LogP contribution < -0.4 is 15.4 Å². The van der Waals surface area contributed by atoms with E-state index in [4.69, 9.17) is 4.74 Å². The van der Waals surface area contributed by atoms with Gasteiger partial charge in [0.1, 0.15) is 28.6 Å². The van der Waals surface area contributed by atoms with E-state index < -0.39 is 23.7 Å². The number of aliphatic carboxylic acids is 1. The number of carbonyl (C=O) groups excluding carboxylic acids is 1. The molecule has 0 aliphatic carbocycles. The smallest absolute Gasteiger partial charge is 0.352 e. The number of ether oxygens (including phenoxy) is 1. The van der Waals surface area contributed by atoms with Gasteiger partial charge in [0.05, 0.1) is 19.3 Å². The van der Waals surface area contributed by atoms with Gasteiger partial charge in [-0.1, -0.05) is 12.1 Å². The molecule has 152 valence electrons. The first-order valence-electron chi connectivity index (χ1n) is 8.97. The van der Waals surface area contributed by atoms with E-state index in [1.54, 1.807) is 31.4 Å². The lowest BCUT2D eigenvalue weighted by molar-refractivity contribution is -0.132. The fourth-order valence-corrected chi connectivity index (χ4v) is 3.16. The molecule has 0 radical (unpaired) electrons. The summed E-state index contributed by atoms with van der Waals surface area (Å²) in [6.45, 7) is 0. The molecule has 1 amide bonds. The Bertz CT molecular complexity index is 1140. The number of methoxy groups -OCH3 is 1. The molecule has 30 heavy (non-hydrogen) atoms. The predicted octanol–water partition coefficient (Wildman–Crippen LogP) is 3.27. The molecule has 1 aromatic heterocycles. The zero-order valence-corrected chi connectivity index (χ0v) is 15.8. The van der Waals surface area contributed by atoms with E-state index in [0.29, 0.717) is 11.4 Å². The molecule has 9 heteroatoms. The molecule has 1 aliphatic rings. The largest absolute Gasteiger partial charge is 0.497 e. The van der Waals surface area contributed by atoms with Crippen molar-refractivity contribution in [1.82, 2.24) is 9.78 Å². The van der Waals surface area contributed by atoms with E-state index in [9.17, 15) is 19.1 Å². The summed E-state index contributed by atoms with van der Waals surface area (Å²) < 4.78 is 19.8. The van der Waals surface area contributed by atoms with Crippen LogP contribution in [0.1, 0.15) is 22.0 Å². The zero-order chi connectivity index (χ0) is 21.3. The Morgan fingerprint density at radius 3 is 2.50 bits per heavy atom. The third kappa shape index (κ3) is 3.60. The number of nitrogens with one attached hydrogen (secondary N) is 2. The van der Waals surface area contributed by atoms with Gasteiger partial charge in [0, 0.05) is 5.69 Å². The second-order valence-corrected chi connectivity index (χ2v) is 6.54. The number of hydrogen-bond donors (Lipinski definition) is 3. The van der Waals surface area contributed by atoms with Gasteiger partial charge in [-0.05, 0) is 48.0 Å². The van der Waals surface area contributed by atoms with Crippen molar-refractivity contribution in [3.05, 3.63) is 83.4 Å². The normalized spacial score (nSPS) is 14.9. The Balaban J connectivity index is 1.69. The summed E-state index contributed by atoms with van der Waals surface area (Å²) in [7, 11) is 1.56. The number of benzene rings is 2. The first-order valence-corrected chi connectivity index (χ1v) is 8.97. The molecule has 0 saturated heterocycles. The highest BCUT2D eigenvalue weighted by Crippen LogP contribution is 2.33. The lowest BCUT2D eigenvalue weighted by Gasteiger charge is -2.24. The second kappa shape index (κ2) is 7.70. The molecule has 0 saturated carbocycles. The minimum Gasteiger partial charge on any atom is -0.497 e. The van der Waals surface area contributed by atoms with Gasteiger partial charge < -0.3 is 20.5 Å². The lowest BCUT2D eigenvalue weighted by Crippen LogP contribution is -2.25. The number of rotatable bonds is 5. The Morgan fingerprint density at radius 1 is 1.17 bits per heavy atom. The maximum atomic E-state index is 13.1. The van der Waals surface area contributed by atoms with Crippen LogP contribution in [-0.2, 0) is 4.79 Å². The summed E-state index contributed by atoms with van der Waals surface area (Å²) in [5, 5.41) is 19.2. The van der Waals surface area contributed by atoms with Crippen LogP contribution in [-0.4, -0.2) is 33.9 Å². The maximum absolute atomic E-state index is 13.1. The van der Waals surface area contributed by atoms with Crippen LogP contribution in [0.5, 0.6) is 5.75 Å². The third-order valence-corrected chi connectivity index (χ3v) is 4.67. The summed E-state index contributed by atoms with van der Waals surface area (Å²) in [5.41, 5.74) is 1.26. The highest BCUT2D eigenvalue weighted by molar-refractivity contribution is 6.08. The summed E-state index contributed by atoms with van der Waals surface area (Å²) in [5.74, 6) is -1.18. The number of carboxylic acid groups (broad SMARTS) is 1. The van der Waals surface area contributed by atoms with Crippen molar-refractivity contribution in [2.24, 2.45) is 0 Å². The number of allylic oxidation sites excluding steroid dienone is 1. The van der Waals surface area contributed by atoms with Crippen LogP contribution in [0.3, 0.4) is 0 Å². The van der Waals surface area contributed by atoms with Crippen molar-refractivity contribution >= 4 is 23.4 Å². The molecule has 3 aromatic rings. The molecule has 3 N–H and O–H groups in total. The van der Waals surface area contributed by atoms with Crippen LogP contribution in [0.2, 0.25) is 0 Å². The summed E-state index contributed by atoms with van der Waals surface area (Å²) in [4.78, 5) is 24.4. The summed E-state index contributed by atoms with van der Waals surface area (Å²) in [6.07, 6.45) is 2.88. The minimum atomic E-state index is -1.16. The number of anilines is 2. The number of amides is 1. The van der Waals surface area contributed by atoms with Gasteiger partial charge in [-0.3, -0.25) is 4.79 Å². The van der Waals surface area contributed by atoms with E-state index in [1.165, 1.54) is 41.2 Å². The van der Waals surface area contributed by atoms with Crippen molar-refractivity contribution in [1.29, 1.82) is 0 Å². The first kappa shape index (κ1) is 19.2. The fraction of sp³-hybridized carbons (Fsp3) is 0.0952. The van der Waals surface area contributed by atoms with Crippen LogP contribution in [0, 0.1) is 5.82 Å². The van der Waals surface area contributed by atoms with Crippen molar-refractivity contribution in [2.45, 2.75) is 6.04 Å². The average molecular weight is 408 g/mol. The standard InChI is InChI=1S/C21H17FN4O4/c1-30-15-8-2-12(3-9-15)18-10-17(21(28)29)25-19-16(11-23-26(18)19)20(27)24-14-6-4-13(22)5-7-14/h2-11,18,25H,1H3,(H,24,27)(H,28,29). The molecule has 1 aliphatic heterocycles. The van der Waals surface area contributed by atoms with Gasteiger partial charge in [-0.2, -0.15) is 5.10 Å². The number of nitrogens with zero attached hydrogens (tertiary/aromatic N) is 2. The second-order valence-electron chi connectivity index (χ2n) is 6.54. The molecule has 0 fully saturated rings. The van der Waals surface area contributed by atoms with Gasteiger partial charge in [0.2, 0.25) is 0 Å². The Morgan fingerprint density at radius 2 is 1.87 bits per heavy atom. The monoisotopic (exact) mass is 408 g/mol. The van der Waals surface area contributed by atoms with E-state index >= 15 is 0 Å². The molecule has 0 spiro atoms. The molecule has 2 heterocycles. The van der Waals surface area contributed by atoms with Gasteiger partial charge >= 0.3 is 5.97 Å². The number of carboxylic acids is 1. The highest BCUT2D eigenvalue weighted by Gasteiger charge is 2.29. The SMILES string of the molecule is COc1ccc(C2C=C(C(=O)O)Nc3c(C(=O)Nc4ccc(F)cc4)cnn32)cc1. The number of fused-ring (bicyclic) bond motifs is 1. The van der Waals surface area contributed by atoms with E-state index in [-0.39, 0.29) is 17.1 Å². The molecule has 8 nitrogen and oxygen atoms in total. The molecular weight excluding hydrogens is 391 g/mol. The van der Waals surface area contributed by atoms with Crippen molar-refractivity contribution in [2.75, 3.05) is 17.7 Å². The predicted molar refractivity (Wildman–Crippen MR) is 107 cm³/mol. The lowest BCUT2D eigenvalue weighted by atomic mass is 10.0. The van der Waals surface area contributed by atoms with Gasteiger partial charge in [-0.15, -0.1) is 0 Å². The molecule has 2 aromatic carbocycles. The number of hydrogen-bond acceptors (Lipinski definition) is 5. The van der Waals surface area contributed by atoms with Crippen LogP contribution >= 0.6 is 0 Å². The average Bonchev–Trinajstić information content (AvgIpc) is 3.19. The fourth-order valence-electron chi connectivity index (χ4n) is 3.16. The van der Waals surface area contributed by atoms with E-state index in [2.05, 4.69) is 15.7 Å². The van der Waals surface area contributed by atoms with Crippen LogP contribution in [0.15, 0.2) is 66.5 Å². The maximum Gasteiger partial charge on any atom is 0.352 e. The third-order valence-electron chi connectivity index (χ3n) is 4.67. The quantitative estimate of drug-likeness (QED) is 0.598. The highest BCUT2D eigenvalue weighted by atomic mass is 19.1.